The molecule has 7 nitrogen and oxygen atoms in total. The minimum Gasteiger partial charge on any atom is -0.468 e. The lowest BCUT2D eigenvalue weighted by atomic mass is 10.1. The van der Waals surface area contributed by atoms with Crippen LogP contribution >= 0.6 is 0 Å². The summed E-state index contributed by atoms with van der Waals surface area (Å²) >= 11 is 0. The number of hydrogen-bond donors (Lipinski definition) is 2. The van der Waals surface area contributed by atoms with Gasteiger partial charge in [0, 0.05) is 30.3 Å². The number of hydrogen-bond acceptors (Lipinski definition) is 5. The van der Waals surface area contributed by atoms with E-state index >= 15 is 0 Å². The summed E-state index contributed by atoms with van der Waals surface area (Å²) in [7, 11) is 2.58. The number of ether oxygens (including phenoxy) is 1. The molecule has 0 saturated heterocycles. The van der Waals surface area contributed by atoms with E-state index in [4.69, 9.17) is 0 Å². The molecule has 1 atom stereocenters. The van der Waals surface area contributed by atoms with E-state index in [0.29, 0.717) is 11.1 Å². The summed E-state index contributed by atoms with van der Waals surface area (Å²) in [5, 5.41) is 4.92. The van der Waals surface area contributed by atoms with Crippen molar-refractivity contribution in [2.24, 2.45) is 5.92 Å². The van der Waals surface area contributed by atoms with Gasteiger partial charge >= 0.3 is 5.97 Å². The van der Waals surface area contributed by atoms with E-state index in [9.17, 15) is 19.2 Å². The molecule has 0 spiro atoms. The number of methoxy groups -OCH3 is 1. The molecule has 158 valence electrons. The van der Waals surface area contributed by atoms with Crippen LogP contribution in [0.2, 0.25) is 0 Å². The summed E-state index contributed by atoms with van der Waals surface area (Å²) in [6.45, 7) is -0.175. The van der Waals surface area contributed by atoms with Crippen LogP contribution in [0.1, 0.15) is 31.8 Å². The Kier molecular flexibility index (Phi) is 8.74. The average molecular weight is 418 g/mol. The molecule has 0 aliphatic carbocycles. The van der Waals surface area contributed by atoms with Crippen molar-refractivity contribution in [3.05, 3.63) is 76.9 Å². The summed E-state index contributed by atoms with van der Waals surface area (Å²) in [6, 6.07) is 13.7. The van der Waals surface area contributed by atoms with Crippen LogP contribution in [0.15, 0.2) is 54.6 Å². The fourth-order valence-electron chi connectivity index (χ4n) is 2.55. The SMILES string of the molecule is CNC(=O)C(CNC(=O)c1ccc(C#C/C=C/c2ccc(C=O)cc2)cc1)C(=O)OC. The normalized spacial score (nSPS) is 11.0. The molecule has 1 unspecified atom stereocenters. The van der Waals surface area contributed by atoms with Gasteiger partial charge in [-0.25, -0.2) is 0 Å². The molecule has 0 bridgehead atoms. The van der Waals surface area contributed by atoms with Crippen molar-refractivity contribution in [2.75, 3.05) is 20.7 Å². The number of carbonyl (C=O) groups is 4. The summed E-state index contributed by atoms with van der Waals surface area (Å²) in [5.74, 6) is 3.07. The third kappa shape index (κ3) is 6.98. The molecule has 2 aromatic rings. The van der Waals surface area contributed by atoms with Gasteiger partial charge in [-0.1, -0.05) is 36.1 Å². The van der Waals surface area contributed by atoms with Crippen LogP contribution in [0.5, 0.6) is 0 Å². The van der Waals surface area contributed by atoms with Crippen molar-refractivity contribution in [1.82, 2.24) is 10.6 Å². The van der Waals surface area contributed by atoms with Crippen molar-refractivity contribution < 1.29 is 23.9 Å². The Balaban J connectivity index is 1.95. The zero-order valence-corrected chi connectivity index (χ0v) is 17.2. The van der Waals surface area contributed by atoms with Crippen LogP contribution in [0.4, 0.5) is 0 Å². The first-order valence-corrected chi connectivity index (χ1v) is 9.39. The summed E-state index contributed by atoms with van der Waals surface area (Å²) in [5.41, 5.74) is 2.63. The lowest BCUT2D eigenvalue weighted by Crippen LogP contribution is -2.42. The van der Waals surface area contributed by atoms with Gasteiger partial charge in [0.15, 0.2) is 5.92 Å². The molecule has 2 N–H and O–H groups in total. The highest BCUT2D eigenvalue weighted by molar-refractivity contribution is 5.99. The Morgan fingerprint density at radius 3 is 2.26 bits per heavy atom. The zero-order valence-electron chi connectivity index (χ0n) is 17.2. The monoisotopic (exact) mass is 418 g/mol. The van der Waals surface area contributed by atoms with Crippen molar-refractivity contribution in [1.29, 1.82) is 0 Å². The predicted molar refractivity (Wildman–Crippen MR) is 116 cm³/mol. The van der Waals surface area contributed by atoms with Gasteiger partial charge in [0.2, 0.25) is 5.91 Å². The molecular weight excluding hydrogens is 396 g/mol. The molecule has 7 heteroatoms. The molecule has 0 radical (unpaired) electrons. The number of aldehydes is 1. The van der Waals surface area contributed by atoms with E-state index in [2.05, 4.69) is 27.2 Å². The number of rotatable bonds is 7. The number of nitrogens with one attached hydrogen (secondary N) is 2. The van der Waals surface area contributed by atoms with Crippen LogP contribution in [0, 0.1) is 17.8 Å². The predicted octanol–water partition coefficient (Wildman–Crippen LogP) is 1.83. The molecule has 31 heavy (non-hydrogen) atoms. The molecule has 2 amide bonds. The Hall–Kier alpha value is -4.18. The summed E-state index contributed by atoms with van der Waals surface area (Å²) < 4.78 is 4.59. The Labute approximate surface area is 180 Å². The lowest BCUT2D eigenvalue weighted by molar-refractivity contribution is -0.149. The third-order valence-corrected chi connectivity index (χ3v) is 4.31. The minimum absolute atomic E-state index is 0.175. The fourth-order valence-corrected chi connectivity index (χ4v) is 2.55. The van der Waals surface area contributed by atoms with Crippen LogP contribution < -0.4 is 10.6 Å². The van der Waals surface area contributed by atoms with Gasteiger partial charge in [-0.15, -0.1) is 0 Å². The first kappa shape index (κ1) is 23.1. The average Bonchev–Trinajstić information content (AvgIpc) is 2.82. The standard InChI is InChI=1S/C24H22N2O5/c1-25-23(29)21(24(30)31-2)15-26-22(28)20-13-11-18(12-14-20)6-4-3-5-17-7-9-19(16-27)10-8-17/h3,5,7-14,16,21H,15H2,1-2H3,(H,25,29)(H,26,28)/b5-3+. The van der Waals surface area contributed by atoms with E-state index in [-0.39, 0.29) is 6.54 Å². The van der Waals surface area contributed by atoms with Crippen molar-refractivity contribution >= 4 is 30.1 Å². The van der Waals surface area contributed by atoms with Gasteiger partial charge in [-0.2, -0.15) is 0 Å². The quantitative estimate of drug-likeness (QED) is 0.309. The second kappa shape index (κ2) is 11.7. The van der Waals surface area contributed by atoms with Crippen molar-refractivity contribution in [3.8, 4) is 11.8 Å². The molecular formula is C24H22N2O5. The fraction of sp³-hybridized carbons (Fsp3) is 0.167. The molecule has 0 aliphatic rings. The van der Waals surface area contributed by atoms with Crippen molar-refractivity contribution in [2.45, 2.75) is 0 Å². The van der Waals surface area contributed by atoms with Crippen molar-refractivity contribution in [3.63, 3.8) is 0 Å². The van der Waals surface area contributed by atoms with Crippen LogP contribution in [0.3, 0.4) is 0 Å². The van der Waals surface area contributed by atoms with E-state index in [1.54, 1.807) is 42.5 Å². The van der Waals surface area contributed by atoms with Gasteiger partial charge in [0.25, 0.3) is 5.91 Å². The Bertz CT molecular complexity index is 1010. The van der Waals surface area contributed by atoms with E-state index in [1.807, 2.05) is 18.2 Å². The zero-order chi connectivity index (χ0) is 22.6. The maximum atomic E-state index is 12.3. The Morgan fingerprint density at radius 1 is 1.03 bits per heavy atom. The number of esters is 1. The van der Waals surface area contributed by atoms with E-state index in [0.717, 1.165) is 17.4 Å². The highest BCUT2D eigenvalue weighted by Gasteiger charge is 2.27. The van der Waals surface area contributed by atoms with Gasteiger partial charge in [-0.3, -0.25) is 19.2 Å². The second-order valence-electron chi connectivity index (χ2n) is 6.36. The third-order valence-electron chi connectivity index (χ3n) is 4.31. The lowest BCUT2D eigenvalue weighted by Gasteiger charge is -2.14. The van der Waals surface area contributed by atoms with Crippen LogP contribution in [0.25, 0.3) is 6.08 Å². The first-order valence-electron chi connectivity index (χ1n) is 9.39. The van der Waals surface area contributed by atoms with Gasteiger partial charge in [0.05, 0.1) is 7.11 Å². The smallest absolute Gasteiger partial charge is 0.320 e. The number of carbonyl (C=O) groups excluding carboxylic acids is 4. The molecule has 0 saturated carbocycles. The minimum atomic E-state index is -1.12. The molecule has 0 aromatic heterocycles. The highest BCUT2D eigenvalue weighted by atomic mass is 16.5. The largest absolute Gasteiger partial charge is 0.468 e. The van der Waals surface area contributed by atoms with E-state index < -0.39 is 23.7 Å². The molecule has 0 aliphatic heterocycles. The maximum absolute atomic E-state index is 12.3. The number of benzene rings is 2. The Morgan fingerprint density at radius 2 is 1.68 bits per heavy atom. The molecule has 0 heterocycles. The molecule has 2 aromatic carbocycles. The van der Waals surface area contributed by atoms with Gasteiger partial charge in [0.1, 0.15) is 6.29 Å². The topological polar surface area (TPSA) is 102 Å². The summed E-state index contributed by atoms with van der Waals surface area (Å²) in [4.78, 5) is 46.4. The molecule has 2 rings (SSSR count). The highest BCUT2D eigenvalue weighted by Crippen LogP contribution is 2.06. The van der Waals surface area contributed by atoms with Crippen LogP contribution in [-0.4, -0.2) is 44.8 Å². The van der Waals surface area contributed by atoms with Gasteiger partial charge < -0.3 is 15.4 Å². The number of allylic oxidation sites excluding steroid dienone is 1. The van der Waals surface area contributed by atoms with Crippen LogP contribution in [-0.2, 0) is 14.3 Å². The summed E-state index contributed by atoms with van der Waals surface area (Å²) in [6.07, 6.45) is 4.31. The number of amides is 2. The second-order valence-corrected chi connectivity index (χ2v) is 6.36. The maximum Gasteiger partial charge on any atom is 0.320 e. The van der Waals surface area contributed by atoms with E-state index in [1.165, 1.54) is 14.2 Å². The first-order chi connectivity index (χ1) is 15.0. The molecule has 0 fully saturated rings. The van der Waals surface area contributed by atoms with Gasteiger partial charge in [-0.05, 0) is 42.0 Å².